The fourth-order valence-corrected chi connectivity index (χ4v) is 2.95. The molecule has 2 aromatic heterocycles. The highest BCUT2D eigenvalue weighted by atomic mass is 35.5. The molecule has 19 heavy (non-hydrogen) atoms. The molecule has 0 saturated heterocycles. The van der Waals surface area contributed by atoms with Crippen LogP contribution in [0.1, 0.15) is 0 Å². The zero-order chi connectivity index (χ0) is 14.0. The van der Waals surface area contributed by atoms with Gasteiger partial charge in [-0.25, -0.2) is 18.4 Å². The Hall–Kier alpha value is -1.15. The number of sulfonamides is 1. The third-order valence-electron chi connectivity index (χ3n) is 2.00. The second-order valence-corrected chi connectivity index (χ2v) is 6.03. The minimum Gasteiger partial charge on any atom is -0.263 e. The monoisotopic (exact) mass is 338 g/mol. The molecule has 0 aliphatic heterocycles. The van der Waals surface area contributed by atoms with Crippen molar-refractivity contribution in [3.8, 4) is 0 Å². The molecule has 6 nitrogen and oxygen atoms in total. The predicted molar refractivity (Wildman–Crippen MR) is 72.1 cm³/mol. The minimum absolute atomic E-state index is 0.0266. The molecular weight excluding hydrogens is 335 g/mol. The first-order valence-electron chi connectivity index (χ1n) is 4.70. The Labute approximate surface area is 123 Å². The molecule has 0 bridgehead atoms. The topological polar surface area (TPSA) is 84.8 Å². The molecule has 0 aliphatic rings. The van der Waals surface area contributed by atoms with Crippen LogP contribution < -0.4 is 4.72 Å². The van der Waals surface area contributed by atoms with Gasteiger partial charge in [-0.3, -0.25) is 9.71 Å². The third-order valence-corrected chi connectivity index (χ3v) is 4.55. The van der Waals surface area contributed by atoms with Gasteiger partial charge < -0.3 is 0 Å². The molecule has 1 N–H and O–H groups in total. The van der Waals surface area contributed by atoms with Crippen LogP contribution in [0, 0.1) is 0 Å². The van der Waals surface area contributed by atoms with Crippen molar-refractivity contribution in [3.05, 3.63) is 40.0 Å². The lowest BCUT2D eigenvalue weighted by Crippen LogP contribution is -2.15. The number of nitrogens with one attached hydrogen (secondary N) is 1. The molecule has 0 fully saturated rings. The number of anilines is 1. The van der Waals surface area contributed by atoms with Crippen LogP contribution >= 0.6 is 34.8 Å². The van der Waals surface area contributed by atoms with Gasteiger partial charge in [0.1, 0.15) is 16.2 Å². The molecule has 0 atom stereocenters. The first kappa shape index (κ1) is 14.3. The zero-order valence-electron chi connectivity index (χ0n) is 9.01. The third kappa shape index (κ3) is 3.06. The Balaban J connectivity index is 2.43. The Kier molecular flexibility index (Phi) is 4.10. The summed E-state index contributed by atoms with van der Waals surface area (Å²) < 4.78 is 26.3. The summed E-state index contributed by atoms with van der Waals surface area (Å²) in [5, 5.41) is -0.141. The average molecular weight is 340 g/mol. The van der Waals surface area contributed by atoms with Crippen LogP contribution in [0.25, 0.3) is 0 Å². The summed E-state index contributed by atoms with van der Waals surface area (Å²) in [6.07, 6.45) is 3.56. The molecule has 100 valence electrons. The second kappa shape index (κ2) is 5.46. The van der Waals surface area contributed by atoms with Gasteiger partial charge in [-0.2, -0.15) is 0 Å². The lowest BCUT2D eigenvalue weighted by molar-refractivity contribution is 0.600. The van der Waals surface area contributed by atoms with Gasteiger partial charge >= 0.3 is 0 Å². The number of pyridine rings is 1. The normalized spacial score (nSPS) is 11.3. The van der Waals surface area contributed by atoms with Crippen LogP contribution in [0.4, 0.5) is 5.82 Å². The molecule has 0 radical (unpaired) electrons. The fraction of sp³-hybridized carbons (Fsp3) is 0. The first-order valence-corrected chi connectivity index (χ1v) is 7.32. The van der Waals surface area contributed by atoms with Gasteiger partial charge in [0.25, 0.3) is 10.0 Å². The minimum atomic E-state index is -3.96. The van der Waals surface area contributed by atoms with E-state index in [1.807, 2.05) is 0 Å². The maximum atomic E-state index is 12.1. The number of nitrogens with zero attached hydrogens (tertiary/aromatic N) is 3. The lowest BCUT2D eigenvalue weighted by Gasteiger charge is -2.09. The molecule has 2 rings (SSSR count). The van der Waals surface area contributed by atoms with Crippen LogP contribution in [-0.2, 0) is 10.0 Å². The molecule has 0 amide bonds. The summed E-state index contributed by atoms with van der Waals surface area (Å²) in [5.41, 5.74) is 0. The molecule has 10 heteroatoms. The highest BCUT2D eigenvalue weighted by molar-refractivity contribution is 7.92. The van der Waals surface area contributed by atoms with E-state index in [0.717, 1.165) is 12.5 Å². The second-order valence-electron chi connectivity index (χ2n) is 3.24. The van der Waals surface area contributed by atoms with Crippen molar-refractivity contribution in [1.29, 1.82) is 0 Å². The molecule has 0 spiro atoms. The van der Waals surface area contributed by atoms with E-state index in [-0.39, 0.29) is 25.9 Å². The Morgan fingerprint density at radius 2 is 1.89 bits per heavy atom. The lowest BCUT2D eigenvalue weighted by atomic mass is 10.5. The van der Waals surface area contributed by atoms with Crippen LogP contribution in [0.5, 0.6) is 0 Å². The van der Waals surface area contributed by atoms with Crippen LogP contribution in [-0.4, -0.2) is 23.4 Å². The Morgan fingerprint density at radius 3 is 2.58 bits per heavy atom. The summed E-state index contributed by atoms with van der Waals surface area (Å²) >= 11 is 17.3. The van der Waals surface area contributed by atoms with E-state index in [2.05, 4.69) is 19.7 Å². The van der Waals surface area contributed by atoms with Gasteiger partial charge in [-0.15, -0.1) is 0 Å². The van der Waals surface area contributed by atoms with E-state index in [4.69, 9.17) is 34.8 Å². The molecule has 2 aromatic rings. The number of aromatic nitrogens is 3. The van der Waals surface area contributed by atoms with Gasteiger partial charge in [-0.1, -0.05) is 34.8 Å². The molecule has 2 heterocycles. The van der Waals surface area contributed by atoms with Gasteiger partial charge in [0.15, 0.2) is 11.0 Å². The summed E-state index contributed by atoms with van der Waals surface area (Å²) in [6, 6.07) is 1.35. The summed E-state index contributed by atoms with van der Waals surface area (Å²) in [7, 11) is -3.96. The number of halogens is 3. The Bertz CT molecular complexity index is 723. The fourth-order valence-electron chi connectivity index (χ4n) is 1.16. The number of rotatable bonds is 3. The van der Waals surface area contributed by atoms with Crippen molar-refractivity contribution in [2.75, 3.05) is 4.72 Å². The maximum Gasteiger partial charge on any atom is 0.266 e. The Morgan fingerprint density at radius 1 is 1.16 bits per heavy atom. The van der Waals surface area contributed by atoms with Crippen molar-refractivity contribution < 1.29 is 8.42 Å². The number of hydrogen-bond donors (Lipinski definition) is 1. The van der Waals surface area contributed by atoms with Crippen molar-refractivity contribution in [3.63, 3.8) is 0 Å². The molecule has 0 saturated carbocycles. The van der Waals surface area contributed by atoms with Crippen LogP contribution in [0.15, 0.2) is 29.7 Å². The number of hydrogen-bond acceptors (Lipinski definition) is 5. The molecule has 0 aromatic carbocycles. The van der Waals surface area contributed by atoms with Crippen LogP contribution in [0.3, 0.4) is 0 Å². The van der Waals surface area contributed by atoms with Crippen LogP contribution in [0.2, 0.25) is 15.2 Å². The summed E-state index contributed by atoms with van der Waals surface area (Å²) in [4.78, 5) is 10.8. The van der Waals surface area contributed by atoms with E-state index >= 15 is 0 Å². The van der Waals surface area contributed by atoms with E-state index in [1.54, 1.807) is 0 Å². The average Bonchev–Trinajstić information content (AvgIpc) is 2.35. The zero-order valence-corrected chi connectivity index (χ0v) is 12.1. The van der Waals surface area contributed by atoms with Crippen molar-refractivity contribution >= 4 is 50.6 Å². The summed E-state index contributed by atoms with van der Waals surface area (Å²) in [5.74, 6) is -0.137. The largest absolute Gasteiger partial charge is 0.266 e. The van der Waals surface area contributed by atoms with Gasteiger partial charge in [-0.05, 0) is 6.07 Å². The van der Waals surface area contributed by atoms with Gasteiger partial charge in [0.2, 0.25) is 0 Å². The van der Waals surface area contributed by atoms with Crippen molar-refractivity contribution in [1.82, 2.24) is 15.0 Å². The SMILES string of the molecule is O=S(=O)(Nc1ncnc(Cl)c1Cl)c1cnccc1Cl. The van der Waals surface area contributed by atoms with E-state index in [1.165, 1.54) is 12.3 Å². The van der Waals surface area contributed by atoms with Gasteiger partial charge in [0, 0.05) is 12.4 Å². The highest BCUT2D eigenvalue weighted by Crippen LogP contribution is 2.28. The van der Waals surface area contributed by atoms with E-state index in [9.17, 15) is 8.42 Å². The highest BCUT2D eigenvalue weighted by Gasteiger charge is 2.21. The van der Waals surface area contributed by atoms with E-state index in [0.29, 0.717) is 0 Å². The van der Waals surface area contributed by atoms with Crippen molar-refractivity contribution in [2.45, 2.75) is 4.90 Å². The van der Waals surface area contributed by atoms with Gasteiger partial charge in [0.05, 0.1) is 5.02 Å². The predicted octanol–water partition coefficient (Wildman–Crippen LogP) is 2.63. The maximum absolute atomic E-state index is 12.1. The molecular formula is C9H5Cl3N4O2S. The molecule has 0 aliphatic carbocycles. The van der Waals surface area contributed by atoms with Crippen molar-refractivity contribution in [2.24, 2.45) is 0 Å². The summed E-state index contributed by atoms with van der Waals surface area (Å²) in [6.45, 7) is 0. The standard InChI is InChI=1S/C9H5Cl3N4O2S/c10-5-1-2-13-3-6(5)19(17,18)16-9-7(11)8(12)14-4-15-9/h1-4H,(H,14,15,16). The van der Waals surface area contributed by atoms with E-state index < -0.39 is 10.0 Å². The smallest absolute Gasteiger partial charge is 0.263 e. The molecule has 0 unspecified atom stereocenters. The first-order chi connectivity index (χ1) is 8.92. The quantitative estimate of drug-likeness (QED) is 0.869.